The second-order valence-corrected chi connectivity index (χ2v) is 6.08. The molecule has 1 rings (SSSR count). The van der Waals surface area contributed by atoms with E-state index in [0.29, 0.717) is 0 Å². The van der Waals surface area contributed by atoms with Crippen LogP contribution in [0.25, 0.3) is 0 Å². The summed E-state index contributed by atoms with van der Waals surface area (Å²) < 4.78 is 46.6. The summed E-state index contributed by atoms with van der Waals surface area (Å²) in [6, 6.07) is 0.940. The number of halogens is 4. The molecule has 0 aliphatic heterocycles. The zero-order valence-corrected chi connectivity index (χ0v) is 10.6. The van der Waals surface area contributed by atoms with E-state index in [9.17, 15) is 17.2 Å². The molecule has 1 aromatic rings. The van der Waals surface area contributed by atoms with Gasteiger partial charge in [-0.2, -0.15) is 0 Å². The van der Waals surface area contributed by atoms with E-state index in [1.54, 1.807) is 22.6 Å². The first-order valence-electron chi connectivity index (χ1n) is 3.42. The Morgan fingerprint density at radius 3 is 2.47 bits per heavy atom. The van der Waals surface area contributed by atoms with Crippen molar-refractivity contribution in [2.75, 3.05) is 5.73 Å². The maximum atomic E-state index is 12.4. The molecule has 0 aliphatic carbocycles. The molecule has 2 N–H and O–H groups in total. The van der Waals surface area contributed by atoms with Crippen molar-refractivity contribution >= 4 is 48.0 Å². The monoisotopic (exact) mass is 368 g/mol. The van der Waals surface area contributed by atoms with E-state index in [0.717, 1.165) is 6.07 Å². The molecule has 0 saturated carbocycles. The number of nitrogens with two attached hydrogens (primary N) is 1. The van der Waals surface area contributed by atoms with E-state index in [4.69, 9.17) is 16.4 Å². The molecule has 0 spiro atoms. The van der Waals surface area contributed by atoms with Crippen molar-refractivity contribution in [2.24, 2.45) is 0 Å². The van der Waals surface area contributed by atoms with Crippen molar-refractivity contribution < 1.29 is 17.2 Å². The van der Waals surface area contributed by atoms with Gasteiger partial charge in [0.1, 0.15) is 5.69 Å². The molecule has 0 amide bonds. The van der Waals surface area contributed by atoms with Crippen LogP contribution in [0, 0.1) is 3.57 Å². The predicted octanol–water partition coefficient (Wildman–Crippen LogP) is 2.13. The number of pyridine rings is 1. The minimum Gasteiger partial charge on any atom is -0.398 e. The van der Waals surface area contributed by atoms with Crippen LogP contribution in [0.2, 0.25) is 0 Å². The molecule has 15 heavy (non-hydrogen) atoms. The molecule has 0 atom stereocenters. The molecule has 0 fully saturated rings. The van der Waals surface area contributed by atoms with Crippen LogP contribution in [0.5, 0.6) is 0 Å². The third-order valence-electron chi connectivity index (χ3n) is 1.44. The summed E-state index contributed by atoms with van der Waals surface area (Å²) in [6.07, 6.45) is -2.91. The van der Waals surface area contributed by atoms with Crippen molar-refractivity contribution in [1.29, 1.82) is 0 Å². The fraction of sp³-hybridized carbons (Fsp3) is 0.167. The smallest absolute Gasteiger partial charge is 0.281 e. The number of aromatic nitrogens is 1. The Labute approximate surface area is 102 Å². The van der Waals surface area contributed by atoms with Crippen LogP contribution in [0.4, 0.5) is 14.5 Å². The molecule has 1 heterocycles. The summed E-state index contributed by atoms with van der Waals surface area (Å²) in [6.45, 7) is 0. The van der Waals surface area contributed by atoms with Gasteiger partial charge in [-0.05, 0) is 22.6 Å². The van der Waals surface area contributed by atoms with Crippen molar-refractivity contribution in [1.82, 2.24) is 4.98 Å². The summed E-state index contributed by atoms with van der Waals surface area (Å²) in [7, 11) is 0.813. The number of rotatable bonds is 2. The Balaban J connectivity index is 3.50. The van der Waals surface area contributed by atoms with Gasteiger partial charge in [-0.1, -0.05) is 0 Å². The summed E-state index contributed by atoms with van der Waals surface area (Å²) in [4.78, 5) is 3.25. The Bertz CT molecular complexity index is 494. The lowest BCUT2D eigenvalue weighted by Crippen LogP contribution is -2.05. The highest BCUT2D eigenvalue weighted by Gasteiger charge is 2.21. The maximum Gasteiger partial charge on any atom is 0.281 e. The third-order valence-corrected chi connectivity index (χ3v) is 3.80. The van der Waals surface area contributed by atoms with Crippen molar-refractivity contribution in [3.8, 4) is 0 Å². The van der Waals surface area contributed by atoms with Gasteiger partial charge in [-0.15, -0.1) is 0 Å². The van der Waals surface area contributed by atoms with Gasteiger partial charge in [-0.3, -0.25) is 0 Å². The van der Waals surface area contributed by atoms with Crippen LogP contribution < -0.4 is 5.73 Å². The highest BCUT2D eigenvalue weighted by atomic mass is 127. The quantitative estimate of drug-likeness (QED) is 0.641. The highest BCUT2D eigenvalue weighted by molar-refractivity contribution is 14.1. The van der Waals surface area contributed by atoms with Crippen LogP contribution >= 0.6 is 33.3 Å². The van der Waals surface area contributed by atoms with Gasteiger partial charge in [0.05, 0.1) is 3.57 Å². The Morgan fingerprint density at radius 1 is 1.53 bits per heavy atom. The number of nitrogen functional groups attached to an aromatic ring is 1. The third kappa shape index (κ3) is 2.88. The first-order valence-corrected chi connectivity index (χ1v) is 6.81. The molecule has 0 radical (unpaired) electrons. The van der Waals surface area contributed by atoms with E-state index in [2.05, 4.69) is 4.98 Å². The molecule has 9 heteroatoms. The molecular weight excluding hydrogens is 364 g/mol. The van der Waals surface area contributed by atoms with Crippen molar-refractivity contribution in [2.45, 2.75) is 11.5 Å². The minimum atomic E-state index is -4.15. The zero-order valence-electron chi connectivity index (χ0n) is 6.92. The summed E-state index contributed by atoms with van der Waals surface area (Å²) in [5.74, 6) is 0. The van der Waals surface area contributed by atoms with E-state index < -0.39 is 26.2 Å². The SMILES string of the molecule is Nc1cc(S(=O)(=O)Cl)nc(C(F)F)c1I. The summed E-state index contributed by atoms with van der Waals surface area (Å²) in [5.41, 5.74) is 4.57. The summed E-state index contributed by atoms with van der Waals surface area (Å²) >= 11 is 1.56. The van der Waals surface area contributed by atoms with Crippen molar-refractivity contribution in [3.63, 3.8) is 0 Å². The molecule has 0 bridgehead atoms. The maximum absolute atomic E-state index is 12.4. The van der Waals surface area contributed by atoms with Gasteiger partial charge < -0.3 is 5.73 Å². The highest BCUT2D eigenvalue weighted by Crippen LogP contribution is 2.29. The molecule has 0 unspecified atom stereocenters. The van der Waals surface area contributed by atoms with Crippen molar-refractivity contribution in [3.05, 3.63) is 15.3 Å². The number of hydrogen-bond donors (Lipinski definition) is 1. The van der Waals surface area contributed by atoms with Crippen LogP contribution in [0.15, 0.2) is 11.1 Å². The predicted molar refractivity (Wildman–Crippen MR) is 59.4 cm³/mol. The van der Waals surface area contributed by atoms with Gasteiger partial charge in [-0.25, -0.2) is 22.2 Å². The van der Waals surface area contributed by atoms with Crippen LogP contribution in [0.1, 0.15) is 12.1 Å². The molecule has 0 saturated heterocycles. The lowest BCUT2D eigenvalue weighted by Gasteiger charge is -2.06. The number of hydrogen-bond acceptors (Lipinski definition) is 4. The molecule has 0 aliphatic rings. The topological polar surface area (TPSA) is 73.1 Å². The number of anilines is 1. The number of alkyl halides is 2. The molecule has 1 aromatic heterocycles. The van der Waals surface area contributed by atoms with E-state index in [-0.39, 0.29) is 9.26 Å². The average Bonchev–Trinajstić information content (AvgIpc) is 2.06. The van der Waals surface area contributed by atoms with E-state index in [1.165, 1.54) is 0 Å². The molecule has 84 valence electrons. The lowest BCUT2D eigenvalue weighted by molar-refractivity contribution is 0.144. The van der Waals surface area contributed by atoms with Gasteiger partial charge in [0.2, 0.25) is 0 Å². The van der Waals surface area contributed by atoms with E-state index >= 15 is 0 Å². The fourth-order valence-electron chi connectivity index (χ4n) is 0.814. The Morgan fingerprint density at radius 2 is 2.07 bits per heavy atom. The van der Waals surface area contributed by atoms with Crippen LogP contribution in [0.3, 0.4) is 0 Å². The fourth-order valence-corrected chi connectivity index (χ4v) is 2.04. The zero-order chi connectivity index (χ0) is 11.8. The average molecular weight is 369 g/mol. The van der Waals surface area contributed by atoms with E-state index in [1.807, 2.05) is 0 Å². The summed E-state index contributed by atoms with van der Waals surface area (Å²) in [5, 5.41) is -0.669. The van der Waals surface area contributed by atoms with Gasteiger partial charge in [0.15, 0.2) is 5.03 Å². The minimum absolute atomic E-state index is 0.0201. The number of nitrogens with zero attached hydrogens (tertiary/aromatic N) is 1. The first-order chi connectivity index (χ1) is 6.73. The molecular formula is C6H4ClF2IN2O2S. The standard InChI is InChI=1S/C6H4ClF2IN2O2S/c7-15(13,14)3-1-2(11)4(10)5(12-3)6(8)9/h1,6H,(H2,11,12). The largest absolute Gasteiger partial charge is 0.398 e. The van der Waals surface area contributed by atoms with Crippen LogP contribution in [-0.2, 0) is 9.05 Å². The second kappa shape index (κ2) is 4.34. The van der Waals surface area contributed by atoms with Gasteiger partial charge in [0, 0.05) is 22.4 Å². The molecule has 0 aromatic carbocycles. The lowest BCUT2D eigenvalue weighted by atomic mass is 10.3. The Hall–Kier alpha value is -0.220. The normalized spacial score (nSPS) is 12.1. The second-order valence-electron chi connectivity index (χ2n) is 2.49. The van der Waals surface area contributed by atoms with Gasteiger partial charge in [0.25, 0.3) is 15.5 Å². The first kappa shape index (κ1) is 12.8. The van der Waals surface area contributed by atoms with Crippen LogP contribution in [-0.4, -0.2) is 13.4 Å². The van der Waals surface area contributed by atoms with Gasteiger partial charge >= 0.3 is 0 Å². The Kier molecular flexibility index (Phi) is 3.71. The molecule has 4 nitrogen and oxygen atoms in total.